The zero-order valence-corrected chi connectivity index (χ0v) is 17.7. The van der Waals surface area contributed by atoms with Crippen LogP contribution in [0.25, 0.3) is 28.7 Å². The molecule has 29 heavy (non-hydrogen) atoms. The van der Waals surface area contributed by atoms with E-state index in [0.29, 0.717) is 16.7 Å². The van der Waals surface area contributed by atoms with Crippen LogP contribution in [0.4, 0.5) is 0 Å². The molecular formula is C24H19BrN2O2. The Labute approximate surface area is 177 Å². The third kappa shape index (κ3) is 3.87. The predicted octanol–water partition coefficient (Wildman–Crippen LogP) is 5.64. The molecule has 0 aliphatic rings. The van der Waals surface area contributed by atoms with Crippen LogP contribution in [0.1, 0.15) is 17.0 Å². The smallest absolute Gasteiger partial charge is 0.266 e. The molecule has 4 nitrogen and oxygen atoms in total. The number of methoxy groups -OCH3 is 1. The van der Waals surface area contributed by atoms with Gasteiger partial charge in [-0.3, -0.25) is 9.36 Å². The van der Waals surface area contributed by atoms with E-state index in [1.807, 2.05) is 85.8 Å². The maximum atomic E-state index is 13.2. The minimum absolute atomic E-state index is 0.0879. The molecule has 0 fully saturated rings. The van der Waals surface area contributed by atoms with E-state index < -0.39 is 0 Å². The van der Waals surface area contributed by atoms with E-state index in [0.717, 1.165) is 27.0 Å². The molecule has 3 aromatic carbocycles. The topological polar surface area (TPSA) is 44.1 Å². The van der Waals surface area contributed by atoms with Crippen molar-refractivity contribution in [1.82, 2.24) is 9.55 Å². The first-order valence-corrected chi connectivity index (χ1v) is 9.96. The molecule has 1 aromatic heterocycles. The first-order chi connectivity index (χ1) is 14.1. The average molecular weight is 447 g/mol. The number of halogens is 1. The molecule has 1 heterocycles. The van der Waals surface area contributed by atoms with E-state index in [9.17, 15) is 4.79 Å². The molecule has 0 atom stereocenters. The van der Waals surface area contributed by atoms with Crippen LogP contribution in [0.3, 0.4) is 0 Å². The third-order valence-electron chi connectivity index (χ3n) is 4.69. The summed E-state index contributed by atoms with van der Waals surface area (Å²) in [6, 6.07) is 21.1. The molecule has 0 N–H and O–H groups in total. The zero-order valence-electron chi connectivity index (χ0n) is 16.1. The second-order valence-corrected chi connectivity index (χ2v) is 7.54. The largest absolute Gasteiger partial charge is 0.496 e. The first kappa shape index (κ1) is 19.2. The van der Waals surface area contributed by atoms with Gasteiger partial charge in [0.25, 0.3) is 5.56 Å². The number of hydrogen-bond donors (Lipinski definition) is 0. The summed E-state index contributed by atoms with van der Waals surface area (Å²) >= 11 is 3.51. The van der Waals surface area contributed by atoms with Crippen LogP contribution >= 0.6 is 15.9 Å². The van der Waals surface area contributed by atoms with Gasteiger partial charge in [0.15, 0.2) is 0 Å². The lowest BCUT2D eigenvalue weighted by Crippen LogP contribution is -2.22. The summed E-state index contributed by atoms with van der Waals surface area (Å²) in [5.41, 5.74) is 3.48. The maximum absolute atomic E-state index is 13.2. The molecule has 0 aliphatic carbocycles. The molecule has 4 rings (SSSR count). The normalized spacial score (nSPS) is 11.3. The van der Waals surface area contributed by atoms with Crippen LogP contribution < -0.4 is 10.3 Å². The molecule has 0 spiro atoms. The Balaban J connectivity index is 1.88. The van der Waals surface area contributed by atoms with Crippen LogP contribution in [0, 0.1) is 6.92 Å². The SMILES string of the molecule is COc1ccc(C=Cc2nc3ccccc3c(=O)n2-c2ccc(C)cc2)cc1Br. The highest BCUT2D eigenvalue weighted by Crippen LogP contribution is 2.26. The molecule has 0 amide bonds. The van der Waals surface area contributed by atoms with Gasteiger partial charge < -0.3 is 4.74 Å². The predicted molar refractivity (Wildman–Crippen MR) is 122 cm³/mol. The lowest BCUT2D eigenvalue weighted by atomic mass is 10.2. The van der Waals surface area contributed by atoms with Gasteiger partial charge in [-0.2, -0.15) is 0 Å². The van der Waals surface area contributed by atoms with Crippen molar-refractivity contribution in [2.75, 3.05) is 7.11 Å². The molecule has 0 unspecified atom stereocenters. The van der Waals surface area contributed by atoms with Gasteiger partial charge >= 0.3 is 0 Å². The zero-order chi connectivity index (χ0) is 20.4. The van der Waals surface area contributed by atoms with Gasteiger partial charge in [0, 0.05) is 0 Å². The highest BCUT2D eigenvalue weighted by molar-refractivity contribution is 9.10. The molecule has 4 aromatic rings. The van der Waals surface area contributed by atoms with Gasteiger partial charge in [-0.1, -0.05) is 42.0 Å². The number of aryl methyl sites for hydroxylation is 1. The fourth-order valence-corrected chi connectivity index (χ4v) is 3.72. The summed E-state index contributed by atoms with van der Waals surface area (Å²) in [6.45, 7) is 2.02. The van der Waals surface area contributed by atoms with Crippen LogP contribution in [0.2, 0.25) is 0 Å². The van der Waals surface area contributed by atoms with Crippen LogP contribution in [-0.2, 0) is 0 Å². The minimum atomic E-state index is -0.0879. The fourth-order valence-electron chi connectivity index (χ4n) is 3.16. The lowest BCUT2D eigenvalue weighted by Gasteiger charge is -2.12. The van der Waals surface area contributed by atoms with Crippen molar-refractivity contribution in [3.63, 3.8) is 0 Å². The molecular weight excluding hydrogens is 428 g/mol. The Kier molecular flexibility index (Phi) is 5.32. The van der Waals surface area contributed by atoms with Gasteiger partial charge in [-0.25, -0.2) is 4.98 Å². The van der Waals surface area contributed by atoms with Crippen molar-refractivity contribution in [2.45, 2.75) is 6.92 Å². The van der Waals surface area contributed by atoms with E-state index in [-0.39, 0.29) is 5.56 Å². The van der Waals surface area contributed by atoms with E-state index in [2.05, 4.69) is 15.9 Å². The Morgan fingerprint density at radius 2 is 1.76 bits per heavy atom. The summed E-state index contributed by atoms with van der Waals surface area (Å²) < 4.78 is 7.80. The molecule has 0 saturated carbocycles. The van der Waals surface area contributed by atoms with Crippen molar-refractivity contribution >= 4 is 39.0 Å². The monoisotopic (exact) mass is 446 g/mol. The Morgan fingerprint density at radius 3 is 2.48 bits per heavy atom. The maximum Gasteiger partial charge on any atom is 0.266 e. The van der Waals surface area contributed by atoms with Gasteiger partial charge in [-0.15, -0.1) is 0 Å². The van der Waals surface area contributed by atoms with E-state index in [1.165, 1.54) is 0 Å². The number of para-hydroxylation sites is 1. The fraction of sp³-hybridized carbons (Fsp3) is 0.0833. The number of aromatic nitrogens is 2. The van der Waals surface area contributed by atoms with Crippen LogP contribution in [-0.4, -0.2) is 16.7 Å². The van der Waals surface area contributed by atoms with Gasteiger partial charge in [0.1, 0.15) is 11.6 Å². The van der Waals surface area contributed by atoms with Gasteiger partial charge in [-0.05, 0) is 70.9 Å². The minimum Gasteiger partial charge on any atom is -0.496 e. The quantitative estimate of drug-likeness (QED) is 0.407. The highest BCUT2D eigenvalue weighted by Gasteiger charge is 2.11. The van der Waals surface area contributed by atoms with Crippen LogP contribution in [0.15, 0.2) is 76.0 Å². The summed E-state index contributed by atoms with van der Waals surface area (Å²) in [5, 5.41) is 0.595. The Hall–Kier alpha value is -3.18. The summed E-state index contributed by atoms with van der Waals surface area (Å²) in [4.78, 5) is 18.0. The molecule has 0 aliphatic heterocycles. The van der Waals surface area contributed by atoms with Crippen molar-refractivity contribution in [3.8, 4) is 11.4 Å². The van der Waals surface area contributed by atoms with Gasteiger partial charge in [0.05, 0.1) is 28.2 Å². The van der Waals surface area contributed by atoms with Crippen molar-refractivity contribution in [3.05, 3.63) is 98.5 Å². The summed E-state index contributed by atoms with van der Waals surface area (Å²) in [6.07, 6.45) is 3.80. The Bertz CT molecular complexity index is 1270. The van der Waals surface area contributed by atoms with E-state index in [4.69, 9.17) is 9.72 Å². The first-order valence-electron chi connectivity index (χ1n) is 9.17. The third-order valence-corrected chi connectivity index (χ3v) is 5.31. The second-order valence-electron chi connectivity index (χ2n) is 6.69. The van der Waals surface area contributed by atoms with Crippen molar-refractivity contribution < 1.29 is 4.74 Å². The molecule has 5 heteroatoms. The average Bonchev–Trinajstić information content (AvgIpc) is 2.73. The van der Waals surface area contributed by atoms with Crippen molar-refractivity contribution in [2.24, 2.45) is 0 Å². The molecule has 0 saturated heterocycles. The number of rotatable bonds is 4. The molecule has 0 radical (unpaired) electrons. The number of hydrogen-bond acceptors (Lipinski definition) is 3. The van der Waals surface area contributed by atoms with Crippen molar-refractivity contribution in [1.29, 1.82) is 0 Å². The lowest BCUT2D eigenvalue weighted by molar-refractivity contribution is 0.412. The number of nitrogens with zero attached hydrogens (tertiary/aromatic N) is 2. The second kappa shape index (κ2) is 8.05. The standard InChI is InChI=1S/C24H19BrN2O2/c1-16-7-11-18(12-8-16)27-23(26-21-6-4-3-5-19(21)24(27)28)14-10-17-9-13-22(29-2)20(25)15-17/h3-15H,1-2H3. The van der Waals surface area contributed by atoms with E-state index in [1.54, 1.807) is 11.7 Å². The molecule has 144 valence electrons. The highest BCUT2D eigenvalue weighted by atomic mass is 79.9. The Morgan fingerprint density at radius 1 is 1.00 bits per heavy atom. The molecule has 0 bridgehead atoms. The number of benzene rings is 3. The summed E-state index contributed by atoms with van der Waals surface area (Å²) in [7, 11) is 1.63. The van der Waals surface area contributed by atoms with Crippen LogP contribution in [0.5, 0.6) is 5.75 Å². The summed E-state index contributed by atoms with van der Waals surface area (Å²) in [5.74, 6) is 1.34. The van der Waals surface area contributed by atoms with E-state index >= 15 is 0 Å². The van der Waals surface area contributed by atoms with Gasteiger partial charge in [0.2, 0.25) is 0 Å². The number of ether oxygens (including phenoxy) is 1. The number of fused-ring (bicyclic) bond motifs is 1.